The molecule has 2 rings (SSSR count). The largest absolute Gasteiger partial charge is 0.505 e. The van der Waals surface area contributed by atoms with Crippen LogP contribution in [0.15, 0.2) is 48.5 Å². The Kier molecular flexibility index (Phi) is 4.79. The number of carbonyl (C=O) groups is 1. The molecule has 0 aliphatic carbocycles. The molecule has 110 valence electrons. The van der Waals surface area contributed by atoms with Crippen LogP contribution < -0.4 is 5.73 Å². The molecule has 0 aliphatic rings. The number of nitrogen functional groups attached to an aromatic ring is 1. The Morgan fingerprint density at radius 1 is 1.10 bits per heavy atom. The van der Waals surface area contributed by atoms with E-state index in [1.165, 1.54) is 17.0 Å². The first-order valence-electron chi connectivity index (χ1n) is 6.65. The highest BCUT2D eigenvalue weighted by molar-refractivity contribution is 5.98. The smallest absolute Gasteiger partial charge is 0.258 e. The maximum Gasteiger partial charge on any atom is 0.258 e. The second-order valence-electron chi connectivity index (χ2n) is 4.68. The first kappa shape index (κ1) is 14.9. The third-order valence-corrected chi connectivity index (χ3v) is 3.17. The Balaban J connectivity index is 2.25. The molecule has 0 saturated carbocycles. The van der Waals surface area contributed by atoms with Gasteiger partial charge in [0.25, 0.3) is 5.91 Å². The van der Waals surface area contributed by atoms with Crippen LogP contribution in [0.1, 0.15) is 15.9 Å². The number of para-hydroxylation sites is 1. The summed E-state index contributed by atoms with van der Waals surface area (Å²) < 4.78 is 0. The van der Waals surface area contributed by atoms with Crippen molar-refractivity contribution in [3.63, 3.8) is 0 Å². The van der Waals surface area contributed by atoms with Crippen molar-refractivity contribution >= 4 is 11.6 Å². The molecule has 0 bridgehead atoms. The number of nitrogens with two attached hydrogens (primary N) is 1. The molecule has 0 fully saturated rings. The van der Waals surface area contributed by atoms with Gasteiger partial charge < -0.3 is 20.8 Å². The van der Waals surface area contributed by atoms with E-state index in [4.69, 9.17) is 10.8 Å². The molecular weight excluding hydrogens is 268 g/mol. The monoisotopic (exact) mass is 286 g/mol. The molecule has 4 N–H and O–H groups in total. The van der Waals surface area contributed by atoms with Gasteiger partial charge in [0.2, 0.25) is 0 Å². The molecule has 0 spiro atoms. The zero-order valence-electron chi connectivity index (χ0n) is 11.6. The van der Waals surface area contributed by atoms with Gasteiger partial charge in [-0.1, -0.05) is 36.4 Å². The van der Waals surface area contributed by atoms with Gasteiger partial charge in [0, 0.05) is 13.1 Å². The third kappa shape index (κ3) is 3.52. The second-order valence-corrected chi connectivity index (χ2v) is 4.68. The number of aliphatic hydroxyl groups excluding tert-OH is 1. The van der Waals surface area contributed by atoms with E-state index in [0.717, 1.165) is 5.56 Å². The van der Waals surface area contributed by atoms with Gasteiger partial charge in [-0.05, 0) is 17.7 Å². The average molecular weight is 286 g/mol. The molecule has 0 saturated heterocycles. The zero-order valence-corrected chi connectivity index (χ0v) is 11.6. The van der Waals surface area contributed by atoms with Crippen LogP contribution in [-0.4, -0.2) is 34.2 Å². The van der Waals surface area contributed by atoms with E-state index in [1.807, 2.05) is 30.3 Å². The Hall–Kier alpha value is -2.53. The summed E-state index contributed by atoms with van der Waals surface area (Å²) in [5.41, 5.74) is 6.86. The number of phenolic OH excluding ortho intramolecular Hbond substituents is 1. The fourth-order valence-electron chi connectivity index (χ4n) is 2.08. The lowest BCUT2D eigenvalue weighted by atomic mass is 10.1. The fourth-order valence-corrected chi connectivity index (χ4v) is 2.08. The number of hydrogen-bond acceptors (Lipinski definition) is 4. The summed E-state index contributed by atoms with van der Waals surface area (Å²) in [5, 5.41) is 19.1. The summed E-state index contributed by atoms with van der Waals surface area (Å²) in [4.78, 5) is 14.0. The standard InChI is InChI=1S/C16H18N2O3/c17-14-8-4-7-13(15(14)20)16(21)18(9-10-19)11-12-5-2-1-3-6-12/h1-8,19-20H,9-11,17H2. The number of amides is 1. The molecule has 2 aromatic rings. The van der Waals surface area contributed by atoms with E-state index in [0.29, 0.717) is 6.54 Å². The normalized spacial score (nSPS) is 10.3. The predicted octanol–water partition coefficient (Wildman–Crippen LogP) is 1.61. The molecule has 0 aromatic heterocycles. The van der Waals surface area contributed by atoms with Gasteiger partial charge in [-0.25, -0.2) is 0 Å². The summed E-state index contributed by atoms with van der Waals surface area (Å²) in [5.74, 6) is -0.587. The zero-order chi connectivity index (χ0) is 15.2. The number of hydrogen-bond donors (Lipinski definition) is 3. The highest BCUT2D eigenvalue weighted by Crippen LogP contribution is 2.26. The molecule has 21 heavy (non-hydrogen) atoms. The summed E-state index contributed by atoms with van der Waals surface area (Å²) >= 11 is 0. The van der Waals surface area contributed by atoms with Gasteiger partial charge in [-0.2, -0.15) is 0 Å². The SMILES string of the molecule is Nc1cccc(C(=O)N(CCO)Cc2ccccc2)c1O. The van der Waals surface area contributed by atoms with Crippen molar-refractivity contribution in [3.8, 4) is 5.75 Å². The maximum absolute atomic E-state index is 12.5. The highest BCUT2D eigenvalue weighted by atomic mass is 16.3. The number of carbonyl (C=O) groups excluding carboxylic acids is 1. The number of aromatic hydroxyl groups is 1. The quantitative estimate of drug-likeness (QED) is 0.575. The van der Waals surface area contributed by atoms with Crippen LogP contribution in [0.4, 0.5) is 5.69 Å². The average Bonchev–Trinajstić information content (AvgIpc) is 2.50. The van der Waals surface area contributed by atoms with E-state index in [-0.39, 0.29) is 36.1 Å². The molecule has 0 aliphatic heterocycles. The van der Waals surface area contributed by atoms with Crippen molar-refractivity contribution < 1.29 is 15.0 Å². The number of rotatable bonds is 5. The second kappa shape index (κ2) is 6.76. The minimum absolute atomic E-state index is 0.138. The van der Waals surface area contributed by atoms with Crippen molar-refractivity contribution in [2.24, 2.45) is 0 Å². The summed E-state index contributed by atoms with van der Waals surface area (Å²) in [6.07, 6.45) is 0. The third-order valence-electron chi connectivity index (χ3n) is 3.17. The van der Waals surface area contributed by atoms with E-state index >= 15 is 0 Å². The molecule has 5 heteroatoms. The summed E-state index contributed by atoms with van der Waals surface area (Å²) in [6.45, 7) is 0.387. The van der Waals surface area contributed by atoms with Gasteiger partial charge in [-0.15, -0.1) is 0 Å². The Morgan fingerprint density at radius 2 is 1.81 bits per heavy atom. The summed E-state index contributed by atoms with van der Waals surface area (Å²) in [6, 6.07) is 14.1. The molecule has 5 nitrogen and oxygen atoms in total. The van der Waals surface area contributed by atoms with E-state index in [2.05, 4.69) is 0 Å². The fraction of sp³-hybridized carbons (Fsp3) is 0.188. The van der Waals surface area contributed by atoms with Gasteiger partial charge in [0.05, 0.1) is 17.9 Å². The van der Waals surface area contributed by atoms with Crippen LogP contribution in [0.5, 0.6) is 5.75 Å². The predicted molar refractivity (Wildman–Crippen MR) is 80.8 cm³/mol. The van der Waals surface area contributed by atoms with Crippen molar-refractivity contribution in [1.29, 1.82) is 0 Å². The number of aliphatic hydroxyl groups is 1. The van der Waals surface area contributed by atoms with Crippen molar-refractivity contribution in [1.82, 2.24) is 4.90 Å². The van der Waals surface area contributed by atoms with Crippen LogP contribution in [0, 0.1) is 0 Å². The molecule has 0 radical (unpaired) electrons. The van der Waals surface area contributed by atoms with Crippen molar-refractivity contribution in [3.05, 3.63) is 59.7 Å². The molecule has 0 heterocycles. The first-order chi connectivity index (χ1) is 10.1. The molecule has 1 amide bonds. The number of nitrogens with zero attached hydrogens (tertiary/aromatic N) is 1. The number of phenols is 1. The van der Waals surface area contributed by atoms with Gasteiger partial charge >= 0.3 is 0 Å². The van der Waals surface area contributed by atoms with Crippen LogP contribution >= 0.6 is 0 Å². The Labute approximate surface area is 123 Å². The van der Waals surface area contributed by atoms with E-state index < -0.39 is 0 Å². The number of benzene rings is 2. The number of anilines is 1. The van der Waals surface area contributed by atoms with Gasteiger partial charge in [0.1, 0.15) is 0 Å². The van der Waals surface area contributed by atoms with E-state index in [1.54, 1.807) is 6.07 Å². The van der Waals surface area contributed by atoms with Crippen LogP contribution in [0.3, 0.4) is 0 Å². The minimum Gasteiger partial charge on any atom is -0.505 e. The van der Waals surface area contributed by atoms with Crippen molar-refractivity contribution in [2.75, 3.05) is 18.9 Å². The molecule has 0 atom stereocenters. The lowest BCUT2D eigenvalue weighted by molar-refractivity contribution is 0.0705. The van der Waals surface area contributed by atoms with Crippen LogP contribution in [0.2, 0.25) is 0 Å². The molecule has 0 unspecified atom stereocenters. The van der Waals surface area contributed by atoms with Crippen LogP contribution in [-0.2, 0) is 6.54 Å². The minimum atomic E-state index is -0.363. The lowest BCUT2D eigenvalue weighted by Crippen LogP contribution is -2.33. The molecule has 2 aromatic carbocycles. The Bertz CT molecular complexity index is 614. The first-order valence-corrected chi connectivity index (χ1v) is 6.65. The van der Waals surface area contributed by atoms with Crippen molar-refractivity contribution in [2.45, 2.75) is 6.54 Å². The highest BCUT2D eigenvalue weighted by Gasteiger charge is 2.19. The van der Waals surface area contributed by atoms with Crippen LogP contribution in [0.25, 0.3) is 0 Å². The maximum atomic E-state index is 12.5. The summed E-state index contributed by atoms with van der Waals surface area (Å²) in [7, 11) is 0. The topological polar surface area (TPSA) is 86.8 Å². The Morgan fingerprint density at radius 3 is 2.48 bits per heavy atom. The molecular formula is C16H18N2O3. The van der Waals surface area contributed by atoms with Gasteiger partial charge in [-0.3, -0.25) is 4.79 Å². The lowest BCUT2D eigenvalue weighted by Gasteiger charge is -2.22. The van der Waals surface area contributed by atoms with E-state index in [9.17, 15) is 9.90 Å². The van der Waals surface area contributed by atoms with Gasteiger partial charge in [0.15, 0.2) is 5.75 Å².